The number of pyridine rings is 1. The molecule has 0 aromatic carbocycles. The number of hydrogen-bond donors (Lipinski definition) is 1. The van der Waals surface area contributed by atoms with Gasteiger partial charge in [0.15, 0.2) is 0 Å². The van der Waals surface area contributed by atoms with E-state index < -0.39 is 0 Å². The van der Waals surface area contributed by atoms with Crippen LogP contribution in [0.4, 0.5) is 10.9 Å². The molecule has 8 heteroatoms. The molecule has 0 saturated carbocycles. The van der Waals surface area contributed by atoms with Gasteiger partial charge in [-0.25, -0.2) is 4.98 Å². The Bertz CT molecular complexity index is 783. The van der Waals surface area contributed by atoms with E-state index in [0.717, 1.165) is 17.3 Å². The first-order valence-corrected chi connectivity index (χ1v) is 7.80. The predicted molar refractivity (Wildman–Crippen MR) is 87.7 cm³/mol. The SMILES string of the molecule is Cc1ccc(CN(C)c2ccc(C(=O)Nc3nncs3)cn2)o1. The van der Waals surface area contributed by atoms with Crippen LogP contribution in [0.3, 0.4) is 0 Å². The van der Waals surface area contributed by atoms with Crippen LogP contribution >= 0.6 is 11.3 Å². The Morgan fingerprint density at radius 3 is 2.83 bits per heavy atom. The van der Waals surface area contributed by atoms with Crippen LogP contribution in [0.25, 0.3) is 0 Å². The van der Waals surface area contributed by atoms with Gasteiger partial charge in [-0.05, 0) is 31.2 Å². The monoisotopic (exact) mass is 329 g/mol. The fourth-order valence-corrected chi connectivity index (χ4v) is 2.47. The molecule has 118 valence electrons. The van der Waals surface area contributed by atoms with Gasteiger partial charge in [0.05, 0.1) is 12.1 Å². The second-order valence-corrected chi connectivity index (χ2v) is 5.80. The summed E-state index contributed by atoms with van der Waals surface area (Å²) < 4.78 is 5.55. The number of carbonyl (C=O) groups is 1. The summed E-state index contributed by atoms with van der Waals surface area (Å²) in [6.45, 7) is 2.52. The van der Waals surface area contributed by atoms with Crippen molar-refractivity contribution in [3.05, 3.63) is 53.1 Å². The van der Waals surface area contributed by atoms with E-state index in [0.29, 0.717) is 17.2 Å². The maximum absolute atomic E-state index is 12.0. The number of furan rings is 1. The third kappa shape index (κ3) is 3.72. The molecule has 3 aromatic heterocycles. The van der Waals surface area contributed by atoms with Crippen LogP contribution in [0.5, 0.6) is 0 Å². The van der Waals surface area contributed by atoms with Crippen molar-refractivity contribution in [2.24, 2.45) is 0 Å². The fraction of sp³-hybridized carbons (Fsp3) is 0.200. The van der Waals surface area contributed by atoms with Gasteiger partial charge in [0, 0.05) is 13.2 Å². The molecule has 0 fully saturated rings. The zero-order chi connectivity index (χ0) is 16.2. The normalized spacial score (nSPS) is 10.5. The summed E-state index contributed by atoms with van der Waals surface area (Å²) in [5, 5.41) is 10.6. The lowest BCUT2D eigenvalue weighted by molar-refractivity contribution is 0.102. The molecule has 0 aliphatic heterocycles. The van der Waals surface area contributed by atoms with Gasteiger partial charge in [-0.1, -0.05) is 11.3 Å². The van der Waals surface area contributed by atoms with E-state index in [9.17, 15) is 4.79 Å². The van der Waals surface area contributed by atoms with Crippen molar-refractivity contribution in [2.45, 2.75) is 13.5 Å². The highest BCUT2D eigenvalue weighted by atomic mass is 32.1. The zero-order valence-electron chi connectivity index (χ0n) is 12.7. The molecule has 3 heterocycles. The van der Waals surface area contributed by atoms with E-state index in [1.54, 1.807) is 17.6 Å². The zero-order valence-corrected chi connectivity index (χ0v) is 13.5. The molecule has 0 aliphatic carbocycles. The lowest BCUT2D eigenvalue weighted by atomic mass is 10.2. The second-order valence-electron chi connectivity index (χ2n) is 4.97. The number of aryl methyl sites for hydroxylation is 1. The van der Waals surface area contributed by atoms with Crippen LogP contribution in [-0.4, -0.2) is 28.1 Å². The van der Waals surface area contributed by atoms with Gasteiger partial charge < -0.3 is 9.32 Å². The molecule has 0 bridgehead atoms. The van der Waals surface area contributed by atoms with Crippen LogP contribution in [0, 0.1) is 6.92 Å². The Balaban J connectivity index is 1.65. The first-order valence-electron chi connectivity index (χ1n) is 6.92. The highest BCUT2D eigenvalue weighted by Gasteiger charge is 2.11. The first-order chi connectivity index (χ1) is 11.1. The van der Waals surface area contributed by atoms with E-state index in [-0.39, 0.29) is 5.91 Å². The Labute approximate surface area is 137 Å². The predicted octanol–water partition coefficient (Wildman–Crippen LogP) is 2.72. The number of hydrogen-bond acceptors (Lipinski definition) is 7. The summed E-state index contributed by atoms with van der Waals surface area (Å²) in [5.74, 6) is 2.24. The largest absolute Gasteiger partial charge is 0.464 e. The smallest absolute Gasteiger partial charge is 0.259 e. The first kappa shape index (κ1) is 15.2. The van der Waals surface area contributed by atoms with Crippen molar-refractivity contribution >= 4 is 28.2 Å². The average molecular weight is 329 g/mol. The number of rotatable bonds is 5. The summed E-state index contributed by atoms with van der Waals surface area (Å²) >= 11 is 1.26. The number of carbonyl (C=O) groups excluding carboxylic acids is 1. The van der Waals surface area contributed by atoms with Gasteiger partial charge in [0.2, 0.25) is 5.13 Å². The van der Waals surface area contributed by atoms with Gasteiger partial charge in [-0.3, -0.25) is 10.1 Å². The lowest BCUT2D eigenvalue weighted by Gasteiger charge is -2.16. The van der Waals surface area contributed by atoms with Crippen molar-refractivity contribution in [1.29, 1.82) is 0 Å². The number of aromatic nitrogens is 3. The summed E-state index contributed by atoms with van der Waals surface area (Å²) in [4.78, 5) is 18.3. The van der Waals surface area contributed by atoms with Crippen molar-refractivity contribution < 1.29 is 9.21 Å². The average Bonchev–Trinajstić information content (AvgIpc) is 3.19. The number of amides is 1. The molecule has 0 atom stereocenters. The summed E-state index contributed by atoms with van der Waals surface area (Å²) in [6.07, 6.45) is 1.54. The number of nitrogens with one attached hydrogen (secondary N) is 1. The highest BCUT2D eigenvalue weighted by molar-refractivity contribution is 7.13. The Hall–Kier alpha value is -2.74. The van der Waals surface area contributed by atoms with Gasteiger partial charge in [-0.15, -0.1) is 10.2 Å². The van der Waals surface area contributed by atoms with Crippen LogP contribution in [-0.2, 0) is 6.54 Å². The van der Waals surface area contributed by atoms with Gasteiger partial charge in [0.1, 0.15) is 22.8 Å². The molecule has 0 saturated heterocycles. The summed E-state index contributed by atoms with van der Waals surface area (Å²) in [5.41, 5.74) is 2.02. The third-order valence-electron chi connectivity index (χ3n) is 3.17. The molecule has 0 unspecified atom stereocenters. The molecule has 7 nitrogen and oxygen atoms in total. The number of anilines is 2. The van der Waals surface area contributed by atoms with Crippen molar-refractivity contribution in [3.63, 3.8) is 0 Å². The van der Waals surface area contributed by atoms with E-state index in [1.165, 1.54) is 17.5 Å². The Morgan fingerprint density at radius 1 is 1.35 bits per heavy atom. The molecule has 0 spiro atoms. The minimum atomic E-state index is -0.259. The molecule has 1 amide bonds. The Kier molecular flexibility index (Phi) is 4.33. The summed E-state index contributed by atoms with van der Waals surface area (Å²) in [6, 6.07) is 7.39. The molecule has 1 N–H and O–H groups in total. The van der Waals surface area contributed by atoms with Crippen molar-refractivity contribution in [2.75, 3.05) is 17.3 Å². The molecular formula is C15H15N5O2S. The molecular weight excluding hydrogens is 314 g/mol. The van der Waals surface area contributed by atoms with Gasteiger partial charge in [0.25, 0.3) is 5.91 Å². The molecule has 3 rings (SSSR count). The minimum absolute atomic E-state index is 0.259. The molecule has 0 aliphatic rings. The topological polar surface area (TPSA) is 84.2 Å². The molecule has 23 heavy (non-hydrogen) atoms. The van der Waals surface area contributed by atoms with E-state index in [4.69, 9.17) is 4.42 Å². The van der Waals surface area contributed by atoms with Crippen LogP contribution < -0.4 is 10.2 Å². The minimum Gasteiger partial charge on any atom is -0.464 e. The number of nitrogens with zero attached hydrogens (tertiary/aromatic N) is 4. The van der Waals surface area contributed by atoms with E-state index in [1.807, 2.05) is 31.0 Å². The summed E-state index contributed by atoms with van der Waals surface area (Å²) in [7, 11) is 1.92. The maximum atomic E-state index is 12.0. The lowest BCUT2D eigenvalue weighted by Crippen LogP contribution is -2.18. The maximum Gasteiger partial charge on any atom is 0.259 e. The Morgan fingerprint density at radius 2 is 2.22 bits per heavy atom. The van der Waals surface area contributed by atoms with Gasteiger partial charge >= 0.3 is 0 Å². The molecule has 0 radical (unpaired) electrons. The van der Waals surface area contributed by atoms with Gasteiger partial charge in [-0.2, -0.15) is 0 Å². The van der Waals surface area contributed by atoms with Crippen LogP contribution in [0.2, 0.25) is 0 Å². The highest BCUT2D eigenvalue weighted by Crippen LogP contribution is 2.16. The second kappa shape index (κ2) is 6.57. The van der Waals surface area contributed by atoms with Crippen molar-refractivity contribution in [1.82, 2.24) is 15.2 Å². The van der Waals surface area contributed by atoms with Crippen LogP contribution in [0.1, 0.15) is 21.9 Å². The van der Waals surface area contributed by atoms with E-state index >= 15 is 0 Å². The quantitative estimate of drug-likeness (QED) is 0.775. The standard InChI is InChI=1S/C15H15N5O2S/c1-10-3-5-12(22-10)8-20(2)13-6-4-11(7-16-13)14(21)18-15-19-17-9-23-15/h3-7,9H,8H2,1-2H3,(H,18,19,21). The third-order valence-corrected chi connectivity index (χ3v) is 3.78. The van der Waals surface area contributed by atoms with Crippen LogP contribution in [0.15, 0.2) is 40.4 Å². The van der Waals surface area contributed by atoms with Crippen molar-refractivity contribution in [3.8, 4) is 0 Å². The fourth-order valence-electron chi connectivity index (χ4n) is 2.03. The molecule has 3 aromatic rings. The van der Waals surface area contributed by atoms with E-state index in [2.05, 4.69) is 20.5 Å².